The number of aliphatic hydroxyl groups excluding tert-OH is 1. The van der Waals surface area contributed by atoms with Gasteiger partial charge in [0.05, 0.1) is 6.10 Å². The monoisotopic (exact) mass is 315 g/mol. The van der Waals surface area contributed by atoms with Crippen LogP contribution in [-0.4, -0.2) is 40.3 Å². The van der Waals surface area contributed by atoms with Crippen molar-refractivity contribution in [3.05, 3.63) is 47.7 Å². The van der Waals surface area contributed by atoms with Crippen molar-refractivity contribution in [3.8, 4) is 0 Å². The first-order valence-corrected chi connectivity index (χ1v) is 7.73. The van der Waals surface area contributed by atoms with Crippen LogP contribution in [0, 0.1) is 6.92 Å². The molecule has 1 amide bonds. The molecule has 1 aromatic carbocycles. The van der Waals surface area contributed by atoms with Crippen LogP contribution >= 0.6 is 0 Å². The second-order valence-electron chi connectivity index (χ2n) is 6.07. The first-order chi connectivity index (χ1) is 11.0. The normalized spacial score (nSPS) is 21.7. The van der Waals surface area contributed by atoms with E-state index in [4.69, 9.17) is 4.52 Å². The number of anilines is 1. The number of carbonyl (C=O) groups excluding carboxylic acids is 1. The van der Waals surface area contributed by atoms with E-state index in [1.807, 2.05) is 42.3 Å². The highest BCUT2D eigenvalue weighted by atomic mass is 16.5. The number of likely N-dealkylation sites (N-methyl/N-ethyl adjacent to an activating group) is 1. The number of nitrogens with zero attached hydrogens (tertiary/aromatic N) is 2. The Morgan fingerprint density at radius 1 is 1.39 bits per heavy atom. The lowest BCUT2D eigenvalue weighted by Crippen LogP contribution is -2.49. The van der Waals surface area contributed by atoms with Gasteiger partial charge in [-0.1, -0.05) is 35.5 Å². The van der Waals surface area contributed by atoms with Gasteiger partial charge in [0.15, 0.2) is 5.82 Å². The molecular weight excluding hydrogens is 294 g/mol. The Labute approximate surface area is 135 Å². The van der Waals surface area contributed by atoms with Crippen LogP contribution < -0.4 is 5.32 Å². The van der Waals surface area contributed by atoms with Crippen LogP contribution in [0.15, 0.2) is 40.9 Å². The fourth-order valence-corrected chi connectivity index (χ4v) is 2.93. The van der Waals surface area contributed by atoms with E-state index in [0.717, 1.165) is 5.56 Å². The highest BCUT2D eigenvalue weighted by molar-refractivity contribution is 5.94. The van der Waals surface area contributed by atoms with Crippen LogP contribution in [0.1, 0.15) is 30.2 Å². The molecule has 0 aliphatic heterocycles. The Bertz CT molecular complexity index is 665. The van der Waals surface area contributed by atoms with E-state index in [1.54, 1.807) is 13.0 Å². The molecule has 0 saturated heterocycles. The van der Waals surface area contributed by atoms with Gasteiger partial charge in [0, 0.05) is 12.1 Å². The summed E-state index contributed by atoms with van der Waals surface area (Å²) in [6, 6.07) is 11.1. The van der Waals surface area contributed by atoms with Gasteiger partial charge in [-0.2, -0.15) is 0 Å². The van der Waals surface area contributed by atoms with Gasteiger partial charge in [-0.3, -0.25) is 9.69 Å². The van der Waals surface area contributed by atoms with Gasteiger partial charge in [-0.15, -0.1) is 0 Å². The summed E-state index contributed by atoms with van der Waals surface area (Å²) in [6.07, 6.45) is 1.12. The summed E-state index contributed by atoms with van der Waals surface area (Å²) in [7, 11) is 1.92. The van der Waals surface area contributed by atoms with Crippen molar-refractivity contribution in [2.45, 2.75) is 38.0 Å². The van der Waals surface area contributed by atoms with Gasteiger partial charge in [-0.05, 0) is 32.4 Å². The van der Waals surface area contributed by atoms with Crippen LogP contribution in [0.25, 0.3) is 0 Å². The standard InChI is InChI=1S/C17H21N3O3/c1-11-8-15(19-23-11)18-17(22)16(12-6-4-3-5-7-12)20(2)13-9-14(21)10-13/h3-8,13-14,16,21H,9-10H2,1-2H3,(H,18,19,22). The van der Waals surface area contributed by atoms with Crippen LogP contribution in [0.5, 0.6) is 0 Å². The number of benzene rings is 1. The maximum atomic E-state index is 12.8. The van der Waals surface area contributed by atoms with Gasteiger partial charge in [-0.25, -0.2) is 0 Å². The second kappa shape index (κ2) is 6.52. The minimum atomic E-state index is -0.439. The molecule has 0 radical (unpaired) electrons. The van der Waals surface area contributed by atoms with E-state index in [1.165, 1.54) is 0 Å². The third-order valence-corrected chi connectivity index (χ3v) is 4.31. The van der Waals surface area contributed by atoms with Crippen molar-refractivity contribution < 1.29 is 14.4 Å². The second-order valence-corrected chi connectivity index (χ2v) is 6.07. The first-order valence-electron chi connectivity index (χ1n) is 7.73. The van der Waals surface area contributed by atoms with Gasteiger partial charge >= 0.3 is 0 Å². The summed E-state index contributed by atoms with van der Waals surface area (Å²) < 4.78 is 4.99. The highest BCUT2D eigenvalue weighted by Gasteiger charge is 2.37. The Hall–Kier alpha value is -2.18. The van der Waals surface area contributed by atoms with Gasteiger partial charge in [0.2, 0.25) is 5.91 Å². The van der Waals surface area contributed by atoms with E-state index in [-0.39, 0.29) is 18.1 Å². The quantitative estimate of drug-likeness (QED) is 0.883. The zero-order valence-electron chi connectivity index (χ0n) is 13.3. The molecule has 1 unspecified atom stereocenters. The molecule has 1 aromatic heterocycles. The summed E-state index contributed by atoms with van der Waals surface area (Å²) in [6.45, 7) is 1.78. The maximum absolute atomic E-state index is 12.8. The van der Waals surface area contributed by atoms with Crippen molar-refractivity contribution in [3.63, 3.8) is 0 Å². The third kappa shape index (κ3) is 3.43. The van der Waals surface area contributed by atoms with E-state index >= 15 is 0 Å². The van der Waals surface area contributed by atoms with Crippen LogP contribution in [0.4, 0.5) is 5.82 Å². The first kappa shape index (κ1) is 15.7. The number of carbonyl (C=O) groups is 1. The van der Waals surface area contributed by atoms with Gasteiger partial charge in [0.25, 0.3) is 0 Å². The van der Waals surface area contributed by atoms with Crippen molar-refractivity contribution in [1.82, 2.24) is 10.1 Å². The molecule has 2 aromatic rings. The SMILES string of the molecule is Cc1cc(NC(=O)C(c2ccccc2)N(C)C2CC(O)C2)no1. The minimum Gasteiger partial charge on any atom is -0.393 e. The maximum Gasteiger partial charge on any atom is 0.247 e. The molecule has 1 aliphatic carbocycles. The van der Waals surface area contributed by atoms with Crippen LogP contribution in [0.3, 0.4) is 0 Å². The fraction of sp³-hybridized carbons (Fsp3) is 0.412. The molecular formula is C17H21N3O3. The van der Waals surface area contributed by atoms with Crippen molar-refractivity contribution >= 4 is 11.7 Å². The number of amides is 1. The number of hydrogen-bond acceptors (Lipinski definition) is 5. The van der Waals surface area contributed by atoms with Crippen molar-refractivity contribution in [2.75, 3.05) is 12.4 Å². The summed E-state index contributed by atoms with van der Waals surface area (Å²) in [4.78, 5) is 14.8. The summed E-state index contributed by atoms with van der Waals surface area (Å²) in [5, 5.41) is 16.2. The number of hydrogen-bond donors (Lipinski definition) is 2. The number of rotatable bonds is 5. The number of aryl methyl sites for hydroxylation is 1. The minimum absolute atomic E-state index is 0.159. The zero-order valence-corrected chi connectivity index (χ0v) is 13.3. The Morgan fingerprint density at radius 3 is 2.65 bits per heavy atom. The zero-order chi connectivity index (χ0) is 16.4. The lowest BCUT2D eigenvalue weighted by molar-refractivity contribution is -0.124. The average molecular weight is 315 g/mol. The van der Waals surface area contributed by atoms with E-state index < -0.39 is 6.04 Å². The Morgan fingerprint density at radius 2 is 2.09 bits per heavy atom. The Kier molecular flexibility index (Phi) is 4.45. The predicted octanol–water partition coefficient (Wildman–Crippen LogP) is 2.12. The van der Waals surface area contributed by atoms with Crippen molar-refractivity contribution in [1.29, 1.82) is 0 Å². The van der Waals surface area contributed by atoms with Gasteiger partial charge < -0.3 is 14.9 Å². The van der Waals surface area contributed by atoms with E-state index in [2.05, 4.69) is 10.5 Å². The summed E-state index contributed by atoms with van der Waals surface area (Å²) in [5.74, 6) is 0.899. The molecule has 122 valence electrons. The van der Waals surface area contributed by atoms with Crippen molar-refractivity contribution in [2.24, 2.45) is 0 Å². The smallest absolute Gasteiger partial charge is 0.247 e. The fourth-order valence-electron chi connectivity index (χ4n) is 2.93. The topological polar surface area (TPSA) is 78.6 Å². The van der Waals surface area contributed by atoms with Gasteiger partial charge in [0.1, 0.15) is 11.8 Å². The number of aromatic nitrogens is 1. The molecule has 23 heavy (non-hydrogen) atoms. The molecule has 1 fully saturated rings. The lowest BCUT2D eigenvalue weighted by atomic mass is 9.86. The molecule has 1 atom stereocenters. The molecule has 0 spiro atoms. The average Bonchev–Trinajstić information content (AvgIpc) is 2.90. The Balaban J connectivity index is 1.81. The third-order valence-electron chi connectivity index (χ3n) is 4.31. The van der Waals surface area contributed by atoms with Crippen LogP contribution in [0.2, 0.25) is 0 Å². The molecule has 0 bridgehead atoms. The van der Waals surface area contributed by atoms with Crippen LogP contribution in [-0.2, 0) is 4.79 Å². The molecule has 2 N–H and O–H groups in total. The summed E-state index contributed by atoms with van der Waals surface area (Å²) in [5.41, 5.74) is 0.911. The predicted molar refractivity (Wildman–Crippen MR) is 85.8 cm³/mol. The van der Waals surface area contributed by atoms with E-state index in [0.29, 0.717) is 24.4 Å². The largest absolute Gasteiger partial charge is 0.393 e. The molecule has 1 aliphatic rings. The number of nitrogens with one attached hydrogen (secondary N) is 1. The molecule has 1 heterocycles. The number of aliphatic hydroxyl groups is 1. The lowest BCUT2D eigenvalue weighted by Gasteiger charge is -2.42. The molecule has 3 rings (SSSR count). The molecule has 6 heteroatoms. The summed E-state index contributed by atoms with van der Waals surface area (Å²) >= 11 is 0. The van der Waals surface area contributed by atoms with E-state index in [9.17, 15) is 9.90 Å². The molecule has 6 nitrogen and oxygen atoms in total. The highest BCUT2D eigenvalue weighted by Crippen LogP contribution is 2.32. The molecule has 1 saturated carbocycles.